The summed E-state index contributed by atoms with van der Waals surface area (Å²) in [5.74, 6) is -1.78. The molecule has 1 aliphatic heterocycles. The fourth-order valence-corrected chi connectivity index (χ4v) is 2.32. The standard InChI is InChI=1S/C14H24N2O4/c1-3-6-12(17)16-8-5-4-7-11(16)13(18)15-9-10(2)14(19)20/h10-11H,3-9H2,1-2H3,(H,15,18)(H,19,20). The summed E-state index contributed by atoms with van der Waals surface area (Å²) < 4.78 is 0. The Morgan fingerprint density at radius 1 is 1.35 bits per heavy atom. The second-order valence-electron chi connectivity index (χ2n) is 5.33. The van der Waals surface area contributed by atoms with Crippen LogP contribution in [0.4, 0.5) is 0 Å². The van der Waals surface area contributed by atoms with E-state index in [0.29, 0.717) is 19.4 Å². The Morgan fingerprint density at radius 3 is 2.65 bits per heavy atom. The topological polar surface area (TPSA) is 86.7 Å². The molecule has 2 unspecified atom stereocenters. The molecule has 0 aromatic carbocycles. The number of carbonyl (C=O) groups is 3. The summed E-state index contributed by atoms with van der Waals surface area (Å²) in [5.41, 5.74) is 0. The van der Waals surface area contributed by atoms with Crippen LogP contribution in [-0.4, -0.2) is 46.9 Å². The van der Waals surface area contributed by atoms with Crippen LogP contribution in [0.1, 0.15) is 46.0 Å². The number of hydrogen-bond donors (Lipinski definition) is 2. The van der Waals surface area contributed by atoms with Gasteiger partial charge in [-0.15, -0.1) is 0 Å². The number of nitrogens with zero attached hydrogens (tertiary/aromatic N) is 1. The molecule has 1 fully saturated rings. The number of aliphatic carboxylic acids is 1. The zero-order chi connectivity index (χ0) is 15.1. The summed E-state index contributed by atoms with van der Waals surface area (Å²) in [6.07, 6.45) is 3.71. The van der Waals surface area contributed by atoms with Gasteiger partial charge < -0.3 is 15.3 Å². The first-order chi connectivity index (χ1) is 9.47. The minimum absolute atomic E-state index is 0.0126. The summed E-state index contributed by atoms with van der Waals surface area (Å²) in [6, 6.07) is -0.441. The highest BCUT2D eigenvalue weighted by Gasteiger charge is 2.31. The van der Waals surface area contributed by atoms with Gasteiger partial charge in [0.2, 0.25) is 11.8 Å². The molecule has 0 aromatic heterocycles. The molecule has 2 amide bonds. The van der Waals surface area contributed by atoms with Crippen LogP contribution in [0.5, 0.6) is 0 Å². The fourth-order valence-electron chi connectivity index (χ4n) is 2.32. The van der Waals surface area contributed by atoms with E-state index in [0.717, 1.165) is 19.3 Å². The Labute approximate surface area is 119 Å². The maximum Gasteiger partial charge on any atom is 0.308 e. The summed E-state index contributed by atoms with van der Waals surface area (Å²) in [5, 5.41) is 11.4. The van der Waals surface area contributed by atoms with E-state index in [1.165, 1.54) is 0 Å². The fraction of sp³-hybridized carbons (Fsp3) is 0.786. The van der Waals surface area contributed by atoms with Crippen LogP contribution in [0.15, 0.2) is 0 Å². The van der Waals surface area contributed by atoms with Crippen molar-refractivity contribution in [2.24, 2.45) is 5.92 Å². The van der Waals surface area contributed by atoms with E-state index in [4.69, 9.17) is 5.11 Å². The third-order valence-corrected chi connectivity index (χ3v) is 3.59. The largest absolute Gasteiger partial charge is 0.481 e. The molecule has 0 saturated carbocycles. The third-order valence-electron chi connectivity index (χ3n) is 3.59. The quantitative estimate of drug-likeness (QED) is 0.762. The normalized spacial score (nSPS) is 20.3. The lowest BCUT2D eigenvalue weighted by Gasteiger charge is -2.35. The zero-order valence-electron chi connectivity index (χ0n) is 12.2. The van der Waals surface area contributed by atoms with Crippen molar-refractivity contribution in [1.82, 2.24) is 10.2 Å². The lowest BCUT2D eigenvalue weighted by molar-refractivity contribution is -0.144. The molecule has 1 saturated heterocycles. The molecule has 0 spiro atoms. The Morgan fingerprint density at radius 2 is 2.05 bits per heavy atom. The molecule has 0 aliphatic carbocycles. The van der Waals surface area contributed by atoms with E-state index in [2.05, 4.69) is 5.32 Å². The minimum Gasteiger partial charge on any atom is -0.481 e. The van der Waals surface area contributed by atoms with Gasteiger partial charge in [0.25, 0.3) is 0 Å². The number of hydrogen-bond acceptors (Lipinski definition) is 3. The van der Waals surface area contributed by atoms with Crippen molar-refractivity contribution in [2.45, 2.75) is 52.0 Å². The first-order valence-corrected chi connectivity index (χ1v) is 7.27. The maximum absolute atomic E-state index is 12.1. The van der Waals surface area contributed by atoms with Gasteiger partial charge in [-0.2, -0.15) is 0 Å². The molecular weight excluding hydrogens is 260 g/mol. The van der Waals surface area contributed by atoms with Crippen molar-refractivity contribution in [3.8, 4) is 0 Å². The van der Waals surface area contributed by atoms with Crippen LogP contribution in [-0.2, 0) is 14.4 Å². The number of carboxylic acids is 1. The van der Waals surface area contributed by atoms with E-state index in [9.17, 15) is 14.4 Å². The van der Waals surface area contributed by atoms with Crippen molar-refractivity contribution in [1.29, 1.82) is 0 Å². The summed E-state index contributed by atoms with van der Waals surface area (Å²) >= 11 is 0. The van der Waals surface area contributed by atoms with Crippen molar-refractivity contribution in [2.75, 3.05) is 13.1 Å². The van der Waals surface area contributed by atoms with Gasteiger partial charge >= 0.3 is 5.97 Å². The van der Waals surface area contributed by atoms with Crippen molar-refractivity contribution in [3.63, 3.8) is 0 Å². The number of piperidine rings is 1. The monoisotopic (exact) mass is 284 g/mol. The Kier molecular flexibility index (Phi) is 6.48. The van der Waals surface area contributed by atoms with Gasteiger partial charge in [0.1, 0.15) is 6.04 Å². The van der Waals surface area contributed by atoms with E-state index in [1.807, 2.05) is 6.92 Å². The van der Waals surface area contributed by atoms with Gasteiger partial charge in [0, 0.05) is 19.5 Å². The van der Waals surface area contributed by atoms with Gasteiger partial charge in [-0.1, -0.05) is 13.8 Å². The molecule has 2 N–H and O–H groups in total. The highest BCUT2D eigenvalue weighted by molar-refractivity contribution is 5.88. The van der Waals surface area contributed by atoms with E-state index in [-0.39, 0.29) is 18.4 Å². The average Bonchev–Trinajstić information content (AvgIpc) is 2.44. The first kappa shape index (κ1) is 16.5. The molecule has 1 heterocycles. The molecule has 114 valence electrons. The Bertz CT molecular complexity index is 370. The lowest BCUT2D eigenvalue weighted by atomic mass is 10.0. The van der Waals surface area contributed by atoms with E-state index in [1.54, 1.807) is 11.8 Å². The molecule has 0 bridgehead atoms. The van der Waals surface area contributed by atoms with Crippen LogP contribution in [0, 0.1) is 5.92 Å². The molecule has 1 aliphatic rings. The Hall–Kier alpha value is -1.59. The molecule has 1 rings (SSSR count). The van der Waals surface area contributed by atoms with Crippen LogP contribution in [0.2, 0.25) is 0 Å². The smallest absolute Gasteiger partial charge is 0.308 e. The Balaban J connectivity index is 2.58. The summed E-state index contributed by atoms with van der Waals surface area (Å²) in [7, 11) is 0. The SMILES string of the molecule is CCCC(=O)N1CCCCC1C(=O)NCC(C)C(=O)O. The number of likely N-dealkylation sites (tertiary alicyclic amines) is 1. The predicted molar refractivity (Wildman–Crippen MR) is 74.1 cm³/mol. The van der Waals surface area contributed by atoms with Crippen LogP contribution < -0.4 is 5.32 Å². The third kappa shape index (κ3) is 4.51. The number of carbonyl (C=O) groups excluding carboxylic acids is 2. The first-order valence-electron chi connectivity index (χ1n) is 7.27. The summed E-state index contributed by atoms with van der Waals surface area (Å²) in [4.78, 5) is 36.5. The van der Waals surface area contributed by atoms with Crippen LogP contribution in [0.3, 0.4) is 0 Å². The number of rotatable bonds is 6. The molecule has 20 heavy (non-hydrogen) atoms. The van der Waals surface area contributed by atoms with Gasteiger partial charge in [-0.3, -0.25) is 14.4 Å². The van der Waals surface area contributed by atoms with Crippen molar-refractivity contribution < 1.29 is 19.5 Å². The van der Waals surface area contributed by atoms with Gasteiger partial charge in [0.05, 0.1) is 5.92 Å². The van der Waals surface area contributed by atoms with Crippen LogP contribution in [0.25, 0.3) is 0 Å². The maximum atomic E-state index is 12.1. The molecule has 6 heteroatoms. The highest BCUT2D eigenvalue weighted by Crippen LogP contribution is 2.18. The van der Waals surface area contributed by atoms with Crippen molar-refractivity contribution >= 4 is 17.8 Å². The van der Waals surface area contributed by atoms with Crippen molar-refractivity contribution in [3.05, 3.63) is 0 Å². The average molecular weight is 284 g/mol. The lowest BCUT2D eigenvalue weighted by Crippen LogP contribution is -2.52. The van der Waals surface area contributed by atoms with Gasteiger partial charge in [-0.05, 0) is 25.7 Å². The van der Waals surface area contributed by atoms with E-state index >= 15 is 0 Å². The molecule has 6 nitrogen and oxygen atoms in total. The number of amides is 2. The van der Waals surface area contributed by atoms with E-state index < -0.39 is 17.9 Å². The second-order valence-corrected chi connectivity index (χ2v) is 5.33. The minimum atomic E-state index is -0.937. The molecule has 2 atom stereocenters. The number of nitrogens with one attached hydrogen (secondary N) is 1. The van der Waals surface area contributed by atoms with Crippen LogP contribution >= 0.6 is 0 Å². The molecular formula is C14H24N2O4. The second kappa shape index (κ2) is 7.87. The van der Waals surface area contributed by atoms with Gasteiger partial charge in [0.15, 0.2) is 0 Å². The molecule has 0 aromatic rings. The molecule has 0 radical (unpaired) electrons. The summed E-state index contributed by atoms with van der Waals surface area (Å²) in [6.45, 7) is 4.20. The zero-order valence-corrected chi connectivity index (χ0v) is 12.2. The van der Waals surface area contributed by atoms with Gasteiger partial charge in [-0.25, -0.2) is 0 Å². The number of carboxylic acid groups (broad SMARTS) is 1. The predicted octanol–water partition coefficient (Wildman–Crippen LogP) is 1.00. The highest BCUT2D eigenvalue weighted by atomic mass is 16.4.